The molecule has 0 spiro atoms. The van der Waals surface area contributed by atoms with E-state index in [9.17, 15) is 4.79 Å². The molecular formula is C19H13N3OS2. The minimum Gasteiger partial charge on any atom is -0.310 e. The average Bonchev–Trinajstić information content (AvgIpc) is 3.33. The number of amides is 1. The number of hydrogen-bond donors (Lipinski definition) is 1. The lowest BCUT2D eigenvalue weighted by Gasteiger charge is -2.03. The molecule has 0 atom stereocenters. The van der Waals surface area contributed by atoms with Crippen LogP contribution in [-0.2, 0) is 0 Å². The molecule has 0 saturated heterocycles. The van der Waals surface area contributed by atoms with Gasteiger partial charge in [-0.1, -0.05) is 72.0 Å². The Morgan fingerprint density at radius 2 is 1.60 bits per heavy atom. The molecule has 0 saturated carbocycles. The van der Waals surface area contributed by atoms with Crippen LogP contribution in [0.3, 0.4) is 0 Å². The van der Waals surface area contributed by atoms with Gasteiger partial charge in [-0.25, -0.2) is 9.97 Å². The van der Waals surface area contributed by atoms with Gasteiger partial charge in [-0.2, -0.15) is 0 Å². The fourth-order valence-electron chi connectivity index (χ4n) is 2.39. The molecule has 0 aliphatic carbocycles. The lowest BCUT2D eigenvalue weighted by atomic mass is 10.1. The highest BCUT2D eigenvalue weighted by Gasteiger charge is 2.18. The highest BCUT2D eigenvalue weighted by Crippen LogP contribution is 2.38. The summed E-state index contributed by atoms with van der Waals surface area (Å²) in [4.78, 5) is 21.3. The fourth-order valence-corrected chi connectivity index (χ4v) is 3.91. The van der Waals surface area contributed by atoms with Gasteiger partial charge in [-0.15, -0.1) is 11.3 Å². The van der Waals surface area contributed by atoms with E-state index in [4.69, 9.17) is 4.98 Å². The Labute approximate surface area is 152 Å². The third kappa shape index (κ3) is 3.35. The molecule has 25 heavy (non-hydrogen) atoms. The van der Waals surface area contributed by atoms with Gasteiger partial charge in [0.2, 0.25) is 0 Å². The van der Waals surface area contributed by atoms with Crippen LogP contribution in [0.1, 0.15) is 9.80 Å². The van der Waals surface area contributed by atoms with E-state index in [2.05, 4.69) is 10.3 Å². The average molecular weight is 363 g/mol. The Kier molecular flexibility index (Phi) is 4.37. The molecule has 2 aromatic heterocycles. The van der Waals surface area contributed by atoms with E-state index < -0.39 is 0 Å². The minimum absolute atomic E-state index is 0.213. The van der Waals surface area contributed by atoms with Crippen molar-refractivity contribution in [1.82, 2.24) is 9.97 Å². The summed E-state index contributed by atoms with van der Waals surface area (Å²) in [5.41, 5.74) is 2.77. The molecule has 0 aliphatic heterocycles. The first kappa shape index (κ1) is 15.7. The number of nitrogens with zero attached hydrogens (tertiary/aromatic N) is 2. The van der Waals surface area contributed by atoms with Crippen molar-refractivity contribution in [3.8, 4) is 21.8 Å². The summed E-state index contributed by atoms with van der Waals surface area (Å²) in [5, 5.41) is 6.79. The molecule has 122 valence electrons. The van der Waals surface area contributed by atoms with Crippen molar-refractivity contribution >= 4 is 33.6 Å². The topological polar surface area (TPSA) is 54.9 Å². The van der Waals surface area contributed by atoms with Gasteiger partial charge in [-0.3, -0.25) is 4.79 Å². The molecule has 4 nitrogen and oxygen atoms in total. The molecular weight excluding hydrogens is 350 g/mol. The van der Waals surface area contributed by atoms with Crippen molar-refractivity contribution in [1.29, 1.82) is 0 Å². The summed E-state index contributed by atoms with van der Waals surface area (Å²) in [7, 11) is 0. The first-order chi connectivity index (χ1) is 12.3. The zero-order valence-electron chi connectivity index (χ0n) is 13.0. The van der Waals surface area contributed by atoms with E-state index in [-0.39, 0.29) is 5.91 Å². The summed E-state index contributed by atoms with van der Waals surface area (Å²) in [6.07, 6.45) is 1.62. The molecule has 2 aromatic carbocycles. The quantitative estimate of drug-likeness (QED) is 0.543. The molecule has 4 rings (SSSR count). The SMILES string of the molecule is O=C(Nc1sc(-c2ccccc2)nc1-c1ccccc1)c1nccs1. The Bertz CT molecular complexity index is 980. The molecule has 6 heteroatoms. The largest absolute Gasteiger partial charge is 0.310 e. The third-order valence-corrected chi connectivity index (χ3v) is 5.34. The second-order valence-corrected chi connectivity index (χ2v) is 7.11. The Balaban J connectivity index is 1.76. The monoisotopic (exact) mass is 363 g/mol. The van der Waals surface area contributed by atoms with Gasteiger partial charge in [0.15, 0.2) is 5.01 Å². The molecule has 2 heterocycles. The van der Waals surface area contributed by atoms with E-state index in [1.54, 1.807) is 11.6 Å². The van der Waals surface area contributed by atoms with E-state index >= 15 is 0 Å². The number of hydrogen-bond acceptors (Lipinski definition) is 5. The lowest BCUT2D eigenvalue weighted by Crippen LogP contribution is -2.11. The van der Waals surface area contributed by atoms with Gasteiger partial charge in [-0.05, 0) is 0 Å². The number of rotatable bonds is 4. The van der Waals surface area contributed by atoms with Crippen molar-refractivity contribution < 1.29 is 4.79 Å². The molecule has 0 unspecified atom stereocenters. The zero-order valence-corrected chi connectivity index (χ0v) is 14.7. The van der Waals surface area contributed by atoms with Gasteiger partial charge < -0.3 is 5.32 Å². The smallest absolute Gasteiger partial charge is 0.285 e. The molecule has 1 amide bonds. The number of nitrogens with one attached hydrogen (secondary N) is 1. The van der Waals surface area contributed by atoms with Crippen LogP contribution in [-0.4, -0.2) is 15.9 Å². The van der Waals surface area contributed by atoms with Gasteiger partial charge in [0.25, 0.3) is 5.91 Å². The van der Waals surface area contributed by atoms with Crippen LogP contribution in [0.5, 0.6) is 0 Å². The van der Waals surface area contributed by atoms with Crippen LogP contribution < -0.4 is 5.32 Å². The highest BCUT2D eigenvalue weighted by atomic mass is 32.1. The van der Waals surface area contributed by atoms with Crippen LogP contribution >= 0.6 is 22.7 Å². The van der Waals surface area contributed by atoms with Crippen LogP contribution in [0.15, 0.2) is 72.2 Å². The predicted octanol–water partition coefficient (Wildman–Crippen LogP) is 5.19. The molecule has 0 radical (unpaired) electrons. The number of carbonyl (C=O) groups is 1. The van der Waals surface area contributed by atoms with Crippen LogP contribution in [0.4, 0.5) is 5.00 Å². The fraction of sp³-hybridized carbons (Fsp3) is 0. The van der Waals surface area contributed by atoms with Gasteiger partial charge in [0.05, 0.1) is 0 Å². The maximum absolute atomic E-state index is 12.4. The number of thiazole rings is 2. The number of anilines is 1. The van der Waals surface area contributed by atoms with Gasteiger partial charge in [0, 0.05) is 22.7 Å². The van der Waals surface area contributed by atoms with Crippen LogP contribution in [0.25, 0.3) is 21.8 Å². The summed E-state index contributed by atoms with van der Waals surface area (Å²) in [5.74, 6) is -0.213. The second kappa shape index (κ2) is 6.96. The molecule has 0 bridgehead atoms. The second-order valence-electron chi connectivity index (χ2n) is 5.22. The van der Waals surface area contributed by atoms with Crippen molar-refractivity contribution in [2.45, 2.75) is 0 Å². The van der Waals surface area contributed by atoms with Crippen molar-refractivity contribution in [3.05, 3.63) is 77.2 Å². The number of aromatic nitrogens is 2. The third-order valence-electron chi connectivity index (χ3n) is 3.55. The molecule has 0 fully saturated rings. The molecule has 0 aliphatic rings. The summed E-state index contributed by atoms with van der Waals surface area (Å²) < 4.78 is 0. The standard InChI is InChI=1S/C19H13N3OS2/c23-16(19-20-11-12-24-19)22-18-15(13-7-3-1-4-8-13)21-17(25-18)14-9-5-2-6-10-14/h1-12H,(H,22,23). The maximum atomic E-state index is 12.4. The Morgan fingerprint density at radius 3 is 2.24 bits per heavy atom. The normalized spacial score (nSPS) is 10.6. The summed E-state index contributed by atoms with van der Waals surface area (Å²) in [6.45, 7) is 0. The van der Waals surface area contributed by atoms with Gasteiger partial charge >= 0.3 is 0 Å². The number of carbonyl (C=O) groups excluding carboxylic acids is 1. The summed E-state index contributed by atoms with van der Waals surface area (Å²) >= 11 is 2.78. The van der Waals surface area contributed by atoms with Crippen molar-refractivity contribution in [2.75, 3.05) is 5.32 Å². The van der Waals surface area contributed by atoms with Crippen LogP contribution in [0.2, 0.25) is 0 Å². The molecule has 4 aromatic rings. The molecule has 1 N–H and O–H groups in total. The van der Waals surface area contributed by atoms with Gasteiger partial charge in [0.1, 0.15) is 15.7 Å². The Hall–Kier alpha value is -2.83. The number of benzene rings is 2. The highest BCUT2D eigenvalue weighted by molar-refractivity contribution is 7.19. The van der Waals surface area contributed by atoms with E-state index in [1.807, 2.05) is 60.7 Å². The van der Waals surface area contributed by atoms with E-state index in [0.717, 1.165) is 26.8 Å². The first-order valence-corrected chi connectivity index (χ1v) is 9.33. The van der Waals surface area contributed by atoms with Crippen LogP contribution in [0, 0.1) is 0 Å². The lowest BCUT2D eigenvalue weighted by molar-refractivity contribution is 0.102. The van der Waals surface area contributed by atoms with Crippen molar-refractivity contribution in [3.63, 3.8) is 0 Å². The first-order valence-electron chi connectivity index (χ1n) is 7.64. The minimum atomic E-state index is -0.213. The van der Waals surface area contributed by atoms with E-state index in [1.165, 1.54) is 22.7 Å². The Morgan fingerprint density at radius 1 is 0.920 bits per heavy atom. The summed E-state index contributed by atoms with van der Waals surface area (Å²) in [6, 6.07) is 19.8. The predicted molar refractivity (Wildman–Crippen MR) is 103 cm³/mol. The maximum Gasteiger partial charge on any atom is 0.285 e. The zero-order chi connectivity index (χ0) is 17.1. The van der Waals surface area contributed by atoms with E-state index in [0.29, 0.717) is 5.01 Å². The van der Waals surface area contributed by atoms with Crippen molar-refractivity contribution in [2.24, 2.45) is 0 Å².